The molecule has 0 radical (unpaired) electrons. The zero-order valence-corrected chi connectivity index (χ0v) is 16.0. The maximum absolute atomic E-state index is 12.5. The van der Waals surface area contributed by atoms with E-state index in [1.807, 2.05) is 55.5 Å². The van der Waals surface area contributed by atoms with Crippen LogP contribution in [0.1, 0.15) is 11.1 Å². The van der Waals surface area contributed by atoms with E-state index in [4.69, 9.17) is 9.47 Å². The fourth-order valence-corrected chi connectivity index (χ4v) is 3.55. The number of carbonyl (C=O) groups excluding carboxylic acids is 1. The van der Waals surface area contributed by atoms with Gasteiger partial charge < -0.3 is 9.47 Å². The second-order valence-electron chi connectivity index (χ2n) is 5.80. The molecule has 1 aliphatic rings. The number of methoxy groups -OCH3 is 2. The average molecular weight is 368 g/mol. The number of hydrogen-bond acceptors (Lipinski definition) is 5. The van der Waals surface area contributed by atoms with Gasteiger partial charge in [0.1, 0.15) is 11.5 Å². The maximum Gasteiger partial charge on any atom is 0.266 e. The number of aryl methyl sites for hydroxylation is 1. The Bertz CT molecular complexity index is 888. The predicted molar refractivity (Wildman–Crippen MR) is 106 cm³/mol. The van der Waals surface area contributed by atoms with E-state index >= 15 is 0 Å². The molecule has 0 spiro atoms. The zero-order chi connectivity index (χ0) is 18.7. The van der Waals surface area contributed by atoms with E-state index in [2.05, 4.69) is 4.99 Å². The minimum absolute atomic E-state index is 0.0595. The van der Waals surface area contributed by atoms with Gasteiger partial charge in [-0.2, -0.15) is 0 Å². The van der Waals surface area contributed by atoms with Crippen molar-refractivity contribution in [2.75, 3.05) is 21.3 Å². The van der Waals surface area contributed by atoms with Crippen LogP contribution in [0.2, 0.25) is 0 Å². The molecule has 1 amide bonds. The van der Waals surface area contributed by atoms with Gasteiger partial charge in [-0.25, -0.2) is 4.99 Å². The van der Waals surface area contributed by atoms with Gasteiger partial charge in [-0.05, 0) is 72.3 Å². The number of aliphatic imine (C=N–C) groups is 1. The average Bonchev–Trinajstić information content (AvgIpc) is 2.90. The molecule has 2 aromatic carbocycles. The van der Waals surface area contributed by atoms with Crippen molar-refractivity contribution in [3.05, 3.63) is 58.5 Å². The first-order chi connectivity index (χ1) is 12.5. The number of likely N-dealkylation sites (N-methyl/N-ethyl adjacent to an activating group) is 1. The van der Waals surface area contributed by atoms with Gasteiger partial charge in [0, 0.05) is 7.05 Å². The molecule has 134 valence electrons. The van der Waals surface area contributed by atoms with Gasteiger partial charge >= 0.3 is 0 Å². The van der Waals surface area contributed by atoms with Crippen LogP contribution >= 0.6 is 11.8 Å². The summed E-state index contributed by atoms with van der Waals surface area (Å²) >= 11 is 1.37. The first-order valence-corrected chi connectivity index (χ1v) is 8.88. The van der Waals surface area contributed by atoms with Crippen molar-refractivity contribution in [1.82, 2.24) is 4.90 Å². The monoisotopic (exact) mass is 368 g/mol. The molecule has 3 rings (SSSR count). The molecule has 1 saturated heterocycles. The van der Waals surface area contributed by atoms with E-state index in [0.29, 0.717) is 10.1 Å². The van der Waals surface area contributed by atoms with Gasteiger partial charge in [-0.3, -0.25) is 9.69 Å². The second-order valence-corrected chi connectivity index (χ2v) is 6.81. The molecule has 0 N–H and O–H groups in total. The van der Waals surface area contributed by atoms with Crippen LogP contribution in [0.4, 0.5) is 5.69 Å². The minimum Gasteiger partial charge on any atom is -0.497 e. The lowest BCUT2D eigenvalue weighted by Gasteiger charge is -2.07. The summed E-state index contributed by atoms with van der Waals surface area (Å²) in [7, 11) is 5.00. The van der Waals surface area contributed by atoms with Crippen molar-refractivity contribution in [3.8, 4) is 11.5 Å². The normalized spacial score (nSPS) is 17.2. The number of carbonyl (C=O) groups is 1. The van der Waals surface area contributed by atoms with Crippen molar-refractivity contribution >= 4 is 34.6 Å². The molecular formula is C20H20N2O3S. The molecule has 0 saturated carbocycles. The van der Waals surface area contributed by atoms with Crippen molar-refractivity contribution < 1.29 is 14.3 Å². The van der Waals surface area contributed by atoms with Gasteiger partial charge in [-0.1, -0.05) is 6.07 Å². The highest BCUT2D eigenvalue weighted by atomic mass is 32.2. The van der Waals surface area contributed by atoms with Crippen LogP contribution in [0.5, 0.6) is 11.5 Å². The Morgan fingerprint density at radius 3 is 2.42 bits per heavy atom. The Morgan fingerprint density at radius 1 is 1.08 bits per heavy atom. The summed E-state index contributed by atoms with van der Waals surface area (Å²) in [5.41, 5.74) is 2.76. The molecule has 0 bridgehead atoms. The Morgan fingerprint density at radius 2 is 1.81 bits per heavy atom. The molecular weight excluding hydrogens is 348 g/mol. The molecule has 1 heterocycles. The zero-order valence-electron chi connectivity index (χ0n) is 15.1. The van der Waals surface area contributed by atoms with Crippen LogP contribution in [-0.4, -0.2) is 37.2 Å². The lowest BCUT2D eigenvalue weighted by molar-refractivity contribution is -0.121. The van der Waals surface area contributed by atoms with Crippen molar-refractivity contribution in [1.29, 1.82) is 0 Å². The summed E-state index contributed by atoms with van der Waals surface area (Å²) in [5.74, 6) is 1.54. The smallest absolute Gasteiger partial charge is 0.266 e. The number of benzene rings is 2. The number of rotatable bonds is 4. The number of hydrogen-bond donors (Lipinski definition) is 0. The summed E-state index contributed by atoms with van der Waals surface area (Å²) in [6.07, 6.45) is 1.88. The third-order valence-corrected chi connectivity index (χ3v) is 5.08. The number of amides is 1. The summed E-state index contributed by atoms with van der Waals surface area (Å²) < 4.78 is 10.4. The lowest BCUT2D eigenvalue weighted by atomic mass is 10.1. The molecule has 2 aromatic rings. The van der Waals surface area contributed by atoms with Crippen LogP contribution in [0.25, 0.3) is 6.08 Å². The number of nitrogens with zero attached hydrogens (tertiary/aromatic N) is 2. The van der Waals surface area contributed by atoms with Crippen molar-refractivity contribution in [2.24, 2.45) is 4.99 Å². The Balaban J connectivity index is 1.85. The summed E-state index contributed by atoms with van der Waals surface area (Å²) in [4.78, 5) is 19.3. The minimum atomic E-state index is -0.0595. The molecule has 1 aliphatic heterocycles. The van der Waals surface area contributed by atoms with Crippen molar-refractivity contribution in [2.45, 2.75) is 6.92 Å². The molecule has 0 aromatic heterocycles. The largest absolute Gasteiger partial charge is 0.497 e. The Hall–Kier alpha value is -2.73. The first kappa shape index (κ1) is 18.1. The van der Waals surface area contributed by atoms with E-state index in [0.717, 1.165) is 28.3 Å². The van der Waals surface area contributed by atoms with Crippen LogP contribution in [-0.2, 0) is 4.79 Å². The quantitative estimate of drug-likeness (QED) is 0.757. The number of ether oxygens (including phenoxy) is 2. The van der Waals surface area contributed by atoms with Crippen LogP contribution in [0.3, 0.4) is 0 Å². The first-order valence-electron chi connectivity index (χ1n) is 8.07. The van der Waals surface area contributed by atoms with Gasteiger partial charge in [-0.15, -0.1) is 0 Å². The highest BCUT2D eigenvalue weighted by Gasteiger charge is 2.30. The SMILES string of the molecule is COc1ccc(N=C2S/C(=C/c3ccc(OC)c(C)c3)C(=O)N2C)cc1. The number of thioether (sulfide) groups is 1. The Labute approximate surface area is 157 Å². The van der Waals surface area contributed by atoms with Crippen molar-refractivity contribution in [3.63, 3.8) is 0 Å². The molecule has 26 heavy (non-hydrogen) atoms. The summed E-state index contributed by atoms with van der Waals surface area (Å²) in [5, 5.41) is 0.650. The van der Waals surface area contributed by atoms with E-state index in [9.17, 15) is 4.79 Å². The third-order valence-electron chi connectivity index (χ3n) is 4.02. The van der Waals surface area contributed by atoms with E-state index in [1.165, 1.54) is 11.8 Å². The number of amidine groups is 1. The Kier molecular flexibility index (Phi) is 5.32. The van der Waals surface area contributed by atoms with Gasteiger partial charge in [0.25, 0.3) is 5.91 Å². The fraction of sp³-hybridized carbons (Fsp3) is 0.200. The molecule has 0 unspecified atom stereocenters. The van der Waals surface area contributed by atoms with Gasteiger partial charge in [0.2, 0.25) is 0 Å². The highest BCUT2D eigenvalue weighted by Crippen LogP contribution is 2.34. The molecule has 6 heteroatoms. The maximum atomic E-state index is 12.5. The second kappa shape index (κ2) is 7.66. The fourth-order valence-electron chi connectivity index (χ4n) is 2.56. The summed E-state index contributed by atoms with van der Waals surface area (Å²) in [6, 6.07) is 13.2. The lowest BCUT2D eigenvalue weighted by Crippen LogP contribution is -2.23. The molecule has 0 aliphatic carbocycles. The summed E-state index contributed by atoms with van der Waals surface area (Å²) in [6.45, 7) is 1.98. The molecule has 5 nitrogen and oxygen atoms in total. The molecule has 0 atom stereocenters. The van der Waals surface area contributed by atoms with Crippen LogP contribution in [0.15, 0.2) is 52.4 Å². The third kappa shape index (κ3) is 3.75. The van der Waals surface area contributed by atoms with Crippen LogP contribution < -0.4 is 9.47 Å². The highest BCUT2D eigenvalue weighted by molar-refractivity contribution is 8.18. The van der Waals surface area contributed by atoms with E-state index in [1.54, 1.807) is 26.2 Å². The van der Waals surface area contributed by atoms with Gasteiger partial charge in [0.15, 0.2) is 5.17 Å². The van der Waals surface area contributed by atoms with E-state index in [-0.39, 0.29) is 5.91 Å². The standard InChI is InChI=1S/C20H20N2O3S/c1-13-11-14(5-10-17(13)25-4)12-18-19(23)22(2)20(26-18)21-15-6-8-16(24-3)9-7-15/h5-12H,1-4H3/b18-12+,21-20?. The van der Waals surface area contributed by atoms with Gasteiger partial charge in [0.05, 0.1) is 24.8 Å². The topological polar surface area (TPSA) is 51.1 Å². The van der Waals surface area contributed by atoms with Crippen LogP contribution in [0, 0.1) is 6.92 Å². The van der Waals surface area contributed by atoms with E-state index < -0.39 is 0 Å². The molecule has 1 fully saturated rings. The predicted octanol–water partition coefficient (Wildman–Crippen LogP) is 4.25.